The maximum Gasteiger partial charge on any atom is 0.253 e. The zero-order chi connectivity index (χ0) is 23.2. The molecular formula is C25H29N5O3. The Balaban J connectivity index is 1.38. The fourth-order valence-electron chi connectivity index (χ4n) is 3.99. The molecule has 2 N–H and O–H groups in total. The number of amides is 2. The topological polar surface area (TPSA) is 100 Å². The van der Waals surface area contributed by atoms with Crippen LogP contribution in [0.4, 0.5) is 5.69 Å². The van der Waals surface area contributed by atoms with Crippen LogP contribution >= 0.6 is 0 Å². The van der Waals surface area contributed by atoms with E-state index in [0.29, 0.717) is 36.1 Å². The van der Waals surface area contributed by atoms with Gasteiger partial charge in [0.05, 0.1) is 23.7 Å². The van der Waals surface area contributed by atoms with Crippen LogP contribution in [0.15, 0.2) is 59.1 Å². The fraction of sp³-hybridized carbons (Fsp3) is 0.360. The van der Waals surface area contributed by atoms with Crippen molar-refractivity contribution in [3.8, 4) is 11.4 Å². The average Bonchev–Trinajstić information content (AvgIpc) is 3.28. The highest BCUT2D eigenvalue weighted by Crippen LogP contribution is 2.23. The van der Waals surface area contributed by atoms with E-state index in [1.807, 2.05) is 50.2 Å². The molecule has 2 heterocycles. The Morgan fingerprint density at radius 1 is 1.12 bits per heavy atom. The Kier molecular flexibility index (Phi) is 7.14. The summed E-state index contributed by atoms with van der Waals surface area (Å²) in [5.41, 5.74) is 1.90. The van der Waals surface area contributed by atoms with Gasteiger partial charge in [-0.2, -0.15) is 4.98 Å². The number of hydrogen-bond acceptors (Lipinski definition) is 6. The van der Waals surface area contributed by atoms with Crippen LogP contribution in [0.1, 0.15) is 42.9 Å². The Morgan fingerprint density at radius 3 is 2.67 bits per heavy atom. The molecule has 1 aliphatic heterocycles. The second-order valence-electron chi connectivity index (χ2n) is 8.62. The highest BCUT2D eigenvalue weighted by atomic mass is 16.5. The molecule has 33 heavy (non-hydrogen) atoms. The van der Waals surface area contributed by atoms with Crippen LogP contribution in [0.5, 0.6) is 0 Å². The van der Waals surface area contributed by atoms with Crippen LogP contribution < -0.4 is 10.6 Å². The normalized spacial score (nSPS) is 16.5. The van der Waals surface area contributed by atoms with Crippen LogP contribution in [-0.2, 0) is 11.3 Å². The number of carbonyl (C=O) groups is 2. The molecule has 4 rings (SSSR count). The van der Waals surface area contributed by atoms with Crippen molar-refractivity contribution < 1.29 is 14.1 Å². The summed E-state index contributed by atoms with van der Waals surface area (Å²) in [5.74, 6) is 0.632. The van der Waals surface area contributed by atoms with E-state index >= 15 is 0 Å². The Bertz CT molecular complexity index is 1100. The molecule has 2 aromatic carbocycles. The molecule has 0 spiro atoms. The molecule has 1 atom stereocenters. The van der Waals surface area contributed by atoms with Gasteiger partial charge in [-0.15, -0.1) is 0 Å². The maximum absolute atomic E-state index is 13.0. The number of para-hydroxylation sites is 1. The third-order valence-electron chi connectivity index (χ3n) is 5.58. The number of piperidine rings is 1. The number of rotatable bonds is 7. The van der Waals surface area contributed by atoms with Gasteiger partial charge in [0.2, 0.25) is 17.6 Å². The number of anilines is 1. The minimum atomic E-state index is -0.197. The lowest BCUT2D eigenvalue weighted by Gasteiger charge is -2.31. The van der Waals surface area contributed by atoms with E-state index < -0.39 is 0 Å². The van der Waals surface area contributed by atoms with Crippen molar-refractivity contribution >= 4 is 17.5 Å². The Labute approximate surface area is 193 Å². The molecule has 1 aromatic heterocycles. The van der Waals surface area contributed by atoms with E-state index in [4.69, 9.17) is 4.52 Å². The molecule has 172 valence electrons. The van der Waals surface area contributed by atoms with Crippen LogP contribution in [0, 0.1) is 5.92 Å². The highest BCUT2D eigenvalue weighted by Gasteiger charge is 2.28. The van der Waals surface area contributed by atoms with Gasteiger partial charge in [0.25, 0.3) is 5.91 Å². The number of likely N-dealkylation sites (tertiary alicyclic amines) is 1. The largest absolute Gasteiger partial charge is 0.350 e. The summed E-state index contributed by atoms with van der Waals surface area (Å²) in [4.78, 5) is 32.2. The number of nitrogens with one attached hydrogen (secondary N) is 2. The summed E-state index contributed by atoms with van der Waals surface area (Å²) in [6, 6.07) is 16.8. The van der Waals surface area contributed by atoms with Crippen molar-refractivity contribution in [3.05, 3.63) is 66.1 Å². The van der Waals surface area contributed by atoms with Crippen molar-refractivity contribution in [2.75, 3.05) is 18.4 Å². The van der Waals surface area contributed by atoms with Crippen LogP contribution in [0.3, 0.4) is 0 Å². The molecule has 1 saturated heterocycles. The van der Waals surface area contributed by atoms with E-state index in [-0.39, 0.29) is 23.8 Å². The van der Waals surface area contributed by atoms with Crippen LogP contribution in [0.25, 0.3) is 11.4 Å². The van der Waals surface area contributed by atoms with Gasteiger partial charge in [-0.05, 0) is 45.4 Å². The van der Waals surface area contributed by atoms with E-state index in [9.17, 15) is 9.59 Å². The molecular weight excluding hydrogens is 418 g/mol. The third-order valence-corrected chi connectivity index (χ3v) is 5.58. The number of benzene rings is 2. The molecule has 1 aliphatic rings. The summed E-state index contributed by atoms with van der Waals surface area (Å²) in [7, 11) is 0. The zero-order valence-corrected chi connectivity index (χ0v) is 19.0. The first-order valence-electron chi connectivity index (χ1n) is 11.3. The third kappa shape index (κ3) is 5.84. The maximum atomic E-state index is 13.0. The minimum Gasteiger partial charge on any atom is -0.350 e. The number of aromatic nitrogens is 2. The first-order chi connectivity index (χ1) is 16.0. The minimum absolute atomic E-state index is 0.0141. The van der Waals surface area contributed by atoms with Gasteiger partial charge >= 0.3 is 0 Å². The first kappa shape index (κ1) is 22.7. The average molecular weight is 448 g/mol. The summed E-state index contributed by atoms with van der Waals surface area (Å²) >= 11 is 0. The standard InChI is InChI=1S/C25H29N5O3/c1-17(2)26-25(32)20-12-6-7-13-21(20)27-24(31)19-11-8-14-30(15-19)16-22-28-23(29-33-22)18-9-4-3-5-10-18/h3-7,9-10,12-13,17,19H,8,11,14-16H2,1-2H3,(H,26,32)(H,27,31). The van der Waals surface area contributed by atoms with Gasteiger partial charge in [0, 0.05) is 18.2 Å². The van der Waals surface area contributed by atoms with Crippen molar-refractivity contribution in [3.63, 3.8) is 0 Å². The monoisotopic (exact) mass is 447 g/mol. The summed E-state index contributed by atoms with van der Waals surface area (Å²) in [5, 5.41) is 9.92. The summed E-state index contributed by atoms with van der Waals surface area (Å²) in [6.07, 6.45) is 1.69. The predicted octanol–water partition coefficient (Wildman–Crippen LogP) is 3.73. The van der Waals surface area contributed by atoms with E-state index in [0.717, 1.165) is 24.9 Å². The lowest BCUT2D eigenvalue weighted by Crippen LogP contribution is -2.40. The second kappa shape index (κ2) is 10.4. The lowest BCUT2D eigenvalue weighted by molar-refractivity contribution is -0.121. The lowest BCUT2D eigenvalue weighted by atomic mass is 9.96. The van der Waals surface area contributed by atoms with Gasteiger partial charge in [0.15, 0.2) is 0 Å². The van der Waals surface area contributed by atoms with Crippen LogP contribution in [-0.4, -0.2) is 46.0 Å². The molecule has 0 bridgehead atoms. The van der Waals surface area contributed by atoms with Gasteiger partial charge in [0.1, 0.15) is 0 Å². The second-order valence-corrected chi connectivity index (χ2v) is 8.62. The van der Waals surface area contributed by atoms with Crippen molar-refractivity contribution in [1.82, 2.24) is 20.4 Å². The van der Waals surface area contributed by atoms with Gasteiger partial charge in [-0.1, -0.05) is 47.6 Å². The van der Waals surface area contributed by atoms with Crippen molar-refractivity contribution in [1.29, 1.82) is 0 Å². The van der Waals surface area contributed by atoms with Crippen molar-refractivity contribution in [2.24, 2.45) is 5.92 Å². The summed E-state index contributed by atoms with van der Waals surface area (Å²) in [6.45, 7) is 5.76. The molecule has 3 aromatic rings. The van der Waals surface area contributed by atoms with Gasteiger partial charge in [-0.3, -0.25) is 14.5 Å². The van der Waals surface area contributed by atoms with Crippen molar-refractivity contribution in [2.45, 2.75) is 39.3 Å². The Hall–Kier alpha value is -3.52. The molecule has 1 fully saturated rings. The van der Waals surface area contributed by atoms with E-state index in [1.165, 1.54) is 0 Å². The first-order valence-corrected chi connectivity index (χ1v) is 11.3. The van der Waals surface area contributed by atoms with Gasteiger partial charge < -0.3 is 15.2 Å². The van der Waals surface area contributed by atoms with Gasteiger partial charge in [-0.25, -0.2) is 0 Å². The molecule has 8 nitrogen and oxygen atoms in total. The number of nitrogens with zero attached hydrogens (tertiary/aromatic N) is 3. The molecule has 0 saturated carbocycles. The molecule has 2 amide bonds. The quantitative estimate of drug-likeness (QED) is 0.573. The number of hydrogen-bond donors (Lipinski definition) is 2. The van der Waals surface area contributed by atoms with Crippen LogP contribution in [0.2, 0.25) is 0 Å². The van der Waals surface area contributed by atoms with E-state index in [2.05, 4.69) is 25.7 Å². The predicted molar refractivity (Wildman–Crippen MR) is 125 cm³/mol. The SMILES string of the molecule is CC(C)NC(=O)c1ccccc1NC(=O)C1CCCN(Cc2nc(-c3ccccc3)no2)C1. The summed E-state index contributed by atoms with van der Waals surface area (Å²) < 4.78 is 5.44. The number of carbonyl (C=O) groups excluding carboxylic acids is 2. The van der Waals surface area contributed by atoms with E-state index in [1.54, 1.807) is 18.2 Å². The molecule has 8 heteroatoms. The zero-order valence-electron chi connectivity index (χ0n) is 19.0. The molecule has 0 aliphatic carbocycles. The highest BCUT2D eigenvalue weighted by molar-refractivity contribution is 6.04. The molecule has 1 unspecified atom stereocenters. The smallest absolute Gasteiger partial charge is 0.253 e. The fourth-order valence-corrected chi connectivity index (χ4v) is 3.99. The molecule has 0 radical (unpaired) electrons. The Morgan fingerprint density at radius 2 is 1.88 bits per heavy atom.